The Labute approximate surface area is 170 Å². The molecule has 0 unspecified atom stereocenters. The third-order valence-electron chi connectivity index (χ3n) is 5.56. The molecule has 1 aromatic heterocycles. The number of urea groups is 1. The number of rotatable bonds is 3. The van der Waals surface area contributed by atoms with Gasteiger partial charge in [0.2, 0.25) is 11.7 Å². The van der Waals surface area contributed by atoms with Crippen molar-refractivity contribution >= 4 is 11.7 Å². The Bertz CT molecular complexity index is 1010. The van der Waals surface area contributed by atoms with E-state index in [1.165, 1.54) is 11.1 Å². The van der Waals surface area contributed by atoms with Crippen LogP contribution in [0.4, 0.5) is 10.5 Å². The molecule has 3 aromatic rings. The number of piperidine rings is 1. The van der Waals surface area contributed by atoms with Crippen LogP contribution < -0.4 is 5.32 Å². The summed E-state index contributed by atoms with van der Waals surface area (Å²) in [7, 11) is 0. The smallest absolute Gasteiger partial charge is 0.322 e. The van der Waals surface area contributed by atoms with Crippen LogP contribution in [-0.2, 0) is 0 Å². The quantitative estimate of drug-likeness (QED) is 0.648. The zero-order chi connectivity index (χ0) is 20.4. The van der Waals surface area contributed by atoms with Gasteiger partial charge in [0.25, 0.3) is 0 Å². The first-order chi connectivity index (χ1) is 14.0. The van der Waals surface area contributed by atoms with E-state index in [0.717, 1.165) is 36.1 Å². The number of amides is 2. The van der Waals surface area contributed by atoms with Crippen molar-refractivity contribution in [3.05, 3.63) is 65.0 Å². The van der Waals surface area contributed by atoms with Crippen molar-refractivity contribution in [3.8, 4) is 11.4 Å². The number of likely N-dealkylation sites (tertiary alicyclic amines) is 1. The van der Waals surface area contributed by atoms with Crippen molar-refractivity contribution in [2.45, 2.75) is 46.1 Å². The molecule has 0 aliphatic carbocycles. The van der Waals surface area contributed by atoms with Gasteiger partial charge in [-0.25, -0.2) is 4.79 Å². The van der Waals surface area contributed by atoms with Crippen LogP contribution in [0.25, 0.3) is 11.4 Å². The van der Waals surface area contributed by atoms with E-state index in [-0.39, 0.29) is 12.1 Å². The maximum atomic E-state index is 13.0. The molecule has 2 amide bonds. The number of hydrogen-bond donors (Lipinski definition) is 1. The maximum absolute atomic E-state index is 13.0. The molecular weight excluding hydrogens is 364 g/mol. The largest absolute Gasteiger partial charge is 0.337 e. The summed E-state index contributed by atoms with van der Waals surface area (Å²) in [5, 5.41) is 7.17. The Morgan fingerprint density at radius 1 is 1.07 bits per heavy atom. The highest BCUT2D eigenvalue weighted by atomic mass is 16.5. The van der Waals surface area contributed by atoms with E-state index in [0.29, 0.717) is 18.3 Å². The number of nitrogens with one attached hydrogen (secondary N) is 1. The van der Waals surface area contributed by atoms with Gasteiger partial charge in [-0.15, -0.1) is 0 Å². The highest BCUT2D eigenvalue weighted by molar-refractivity contribution is 5.89. The van der Waals surface area contributed by atoms with Gasteiger partial charge < -0.3 is 14.7 Å². The van der Waals surface area contributed by atoms with E-state index in [1.54, 1.807) is 0 Å². The van der Waals surface area contributed by atoms with Gasteiger partial charge in [0, 0.05) is 17.8 Å². The van der Waals surface area contributed by atoms with Gasteiger partial charge in [0.05, 0.1) is 0 Å². The molecule has 150 valence electrons. The molecule has 2 aromatic carbocycles. The van der Waals surface area contributed by atoms with Gasteiger partial charge in [-0.1, -0.05) is 41.1 Å². The van der Waals surface area contributed by atoms with Gasteiger partial charge in [-0.3, -0.25) is 0 Å². The normalized spacial score (nSPS) is 16.7. The Balaban J connectivity index is 1.53. The Kier molecular flexibility index (Phi) is 5.34. The summed E-state index contributed by atoms with van der Waals surface area (Å²) >= 11 is 0. The summed E-state index contributed by atoms with van der Waals surface area (Å²) in [5.74, 6) is 1.05. The number of aromatic nitrogens is 2. The van der Waals surface area contributed by atoms with Crippen LogP contribution in [0, 0.1) is 20.8 Å². The average Bonchev–Trinajstić information content (AvgIpc) is 3.21. The van der Waals surface area contributed by atoms with Crippen molar-refractivity contribution in [3.63, 3.8) is 0 Å². The van der Waals surface area contributed by atoms with Gasteiger partial charge in [-0.05, 0) is 63.3 Å². The molecule has 29 heavy (non-hydrogen) atoms. The lowest BCUT2D eigenvalue weighted by Crippen LogP contribution is -2.41. The van der Waals surface area contributed by atoms with E-state index in [4.69, 9.17) is 4.52 Å². The minimum absolute atomic E-state index is 0.131. The maximum Gasteiger partial charge on any atom is 0.322 e. The molecule has 1 aliphatic rings. The summed E-state index contributed by atoms with van der Waals surface area (Å²) in [6.45, 7) is 6.81. The lowest BCUT2D eigenvalue weighted by Gasteiger charge is -2.33. The van der Waals surface area contributed by atoms with Crippen molar-refractivity contribution in [1.82, 2.24) is 15.0 Å². The first kappa shape index (κ1) is 19.2. The second kappa shape index (κ2) is 8.07. The second-order valence-electron chi connectivity index (χ2n) is 7.76. The Morgan fingerprint density at radius 2 is 1.86 bits per heavy atom. The molecule has 1 fully saturated rings. The molecule has 6 heteroatoms. The second-order valence-corrected chi connectivity index (χ2v) is 7.76. The highest BCUT2D eigenvalue weighted by Crippen LogP contribution is 2.32. The lowest BCUT2D eigenvalue weighted by molar-refractivity contribution is 0.142. The number of aryl methyl sites for hydroxylation is 3. The van der Waals surface area contributed by atoms with Gasteiger partial charge in [-0.2, -0.15) is 4.98 Å². The first-order valence-corrected chi connectivity index (χ1v) is 10.1. The van der Waals surface area contributed by atoms with Crippen molar-refractivity contribution < 1.29 is 9.32 Å². The fourth-order valence-electron chi connectivity index (χ4n) is 3.64. The van der Waals surface area contributed by atoms with Gasteiger partial charge >= 0.3 is 6.03 Å². The van der Waals surface area contributed by atoms with Gasteiger partial charge in [0.1, 0.15) is 6.04 Å². The summed E-state index contributed by atoms with van der Waals surface area (Å²) < 4.78 is 5.57. The third kappa shape index (κ3) is 4.16. The monoisotopic (exact) mass is 390 g/mol. The highest BCUT2D eigenvalue weighted by Gasteiger charge is 2.32. The molecule has 6 nitrogen and oxygen atoms in total. The average molecular weight is 390 g/mol. The number of anilines is 1. The molecule has 1 aliphatic heterocycles. The minimum Gasteiger partial charge on any atom is -0.337 e. The predicted molar refractivity (Wildman–Crippen MR) is 113 cm³/mol. The zero-order valence-corrected chi connectivity index (χ0v) is 17.1. The first-order valence-electron chi connectivity index (χ1n) is 10.1. The fraction of sp³-hybridized carbons (Fsp3) is 0.348. The minimum atomic E-state index is -0.206. The molecule has 4 rings (SSSR count). The standard InChI is InChI=1S/C23H26N4O2/c1-15-7-10-18(11-8-15)21-25-22(29-26-21)20-6-4-5-13-27(20)23(28)24-19-12-9-16(2)17(3)14-19/h7-12,14,20H,4-6,13H2,1-3H3,(H,24,28)/t20-/m1/s1. The number of carbonyl (C=O) groups excluding carboxylic acids is 1. The molecule has 2 heterocycles. The third-order valence-corrected chi connectivity index (χ3v) is 5.56. The summed E-state index contributed by atoms with van der Waals surface area (Å²) in [6, 6.07) is 13.6. The molecule has 0 bridgehead atoms. The summed E-state index contributed by atoms with van der Waals surface area (Å²) in [5.41, 5.74) is 5.24. The Morgan fingerprint density at radius 3 is 2.62 bits per heavy atom. The van der Waals surface area contributed by atoms with Crippen LogP contribution in [-0.4, -0.2) is 27.6 Å². The van der Waals surface area contributed by atoms with Crippen LogP contribution in [0.15, 0.2) is 47.0 Å². The van der Waals surface area contributed by atoms with E-state index >= 15 is 0 Å². The molecule has 1 saturated heterocycles. The van der Waals surface area contributed by atoms with E-state index in [9.17, 15) is 4.79 Å². The van der Waals surface area contributed by atoms with Crippen molar-refractivity contribution in [2.24, 2.45) is 0 Å². The topological polar surface area (TPSA) is 71.3 Å². The van der Waals surface area contributed by atoms with Crippen LogP contribution in [0.1, 0.15) is 47.9 Å². The van der Waals surface area contributed by atoms with Crippen molar-refractivity contribution in [1.29, 1.82) is 0 Å². The van der Waals surface area contributed by atoms with Crippen molar-refractivity contribution in [2.75, 3.05) is 11.9 Å². The summed E-state index contributed by atoms with van der Waals surface area (Å²) in [6.07, 6.45) is 2.81. The predicted octanol–water partition coefficient (Wildman–Crippen LogP) is 5.42. The number of benzene rings is 2. The fourth-order valence-corrected chi connectivity index (χ4v) is 3.64. The van der Waals surface area contributed by atoms with E-state index < -0.39 is 0 Å². The Hall–Kier alpha value is -3.15. The van der Waals surface area contributed by atoms with Crippen LogP contribution >= 0.6 is 0 Å². The molecule has 1 atom stereocenters. The SMILES string of the molecule is Cc1ccc(-c2noc([C@H]3CCCCN3C(=O)Nc3ccc(C)c(C)c3)n2)cc1. The van der Waals surface area contributed by atoms with E-state index in [1.807, 2.05) is 61.2 Å². The van der Waals surface area contributed by atoms with Gasteiger partial charge in [0.15, 0.2) is 0 Å². The number of nitrogens with zero attached hydrogens (tertiary/aromatic N) is 3. The molecule has 0 saturated carbocycles. The van der Waals surface area contributed by atoms with Crippen LogP contribution in [0.5, 0.6) is 0 Å². The van der Waals surface area contributed by atoms with Crippen LogP contribution in [0.2, 0.25) is 0 Å². The van der Waals surface area contributed by atoms with E-state index in [2.05, 4.69) is 22.4 Å². The lowest BCUT2D eigenvalue weighted by atomic mass is 10.0. The zero-order valence-electron chi connectivity index (χ0n) is 17.1. The molecule has 0 spiro atoms. The molecule has 1 N–H and O–H groups in total. The summed E-state index contributed by atoms with van der Waals surface area (Å²) in [4.78, 5) is 19.4. The molecular formula is C23H26N4O2. The number of carbonyl (C=O) groups is 1. The van der Waals surface area contributed by atoms with Crippen LogP contribution in [0.3, 0.4) is 0 Å². The molecule has 0 radical (unpaired) electrons. The number of hydrogen-bond acceptors (Lipinski definition) is 4.